The summed E-state index contributed by atoms with van der Waals surface area (Å²) in [5.74, 6) is 0. The van der Waals surface area contributed by atoms with Crippen LogP contribution in [0.5, 0.6) is 0 Å². The van der Waals surface area contributed by atoms with E-state index in [1.807, 2.05) is 22.9 Å². The summed E-state index contributed by atoms with van der Waals surface area (Å²) < 4.78 is 8.94. The van der Waals surface area contributed by atoms with Gasteiger partial charge in [0.15, 0.2) is 6.23 Å². The lowest BCUT2D eigenvalue weighted by Gasteiger charge is -2.23. The number of nitrogens with zero attached hydrogens (tertiary/aromatic N) is 2. The van der Waals surface area contributed by atoms with E-state index in [4.69, 9.17) is 4.74 Å². The van der Waals surface area contributed by atoms with Crippen LogP contribution in [0.15, 0.2) is 36.4 Å². The summed E-state index contributed by atoms with van der Waals surface area (Å²) in [4.78, 5) is 0. The van der Waals surface area contributed by atoms with E-state index >= 15 is 0 Å². The normalized spacial score (nSPS) is 19.9. The van der Waals surface area contributed by atoms with Crippen molar-refractivity contribution in [2.24, 2.45) is 0 Å². The molecule has 0 bridgehead atoms. The Morgan fingerprint density at radius 2 is 2.06 bits per heavy atom. The van der Waals surface area contributed by atoms with Gasteiger partial charge in [0.1, 0.15) is 3.70 Å². The highest BCUT2D eigenvalue weighted by molar-refractivity contribution is 14.1. The summed E-state index contributed by atoms with van der Waals surface area (Å²) >= 11 is 2.33. The molecule has 0 N–H and O–H groups in total. The molecule has 0 saturated carbocycles. The molecule has 1 unspecified atom stereocenters. The van der Waals surface area contributed by atoms with Crippen LogP contribution in [0.25, 0.3) is 11.3 Å². The molecule has 1 aliphatic heterocycles. The first-order valence-corrected chi connectivity index (χ1v) is 7.34. The van der Waals surface area contributed by atoms with Crippen LogP contribution in [0.1, 0.15) is 25.5 Å². The molecular weight excluding hydrogens is 339 g/mol. The van der Waals surface area contributed by atoms with Crippen LogP contribution >= 0.6 is 22.6 Å². The molecule has 1 atom stereocenters. The van der Waals surface area contributed by atoms with Crippen molar-refractivity contribution in [2.75, 3.05) is 6.61 Å². The molecule has 1 aliphatic rings. The Hall–Kier alpha value is -0.880. The summed E-state index contributed by atoms with van der Waals surface area (Å²) in [6, 6.07) is 12.4. The predicted molar refractivity (Wildman–Crippen MR) is 79.2 cm³/mol. The van der Waals surface area contributed by atoms with Gasteiger partial charge in [-0.05, 0) is 47.9 Å². The van der Waals surface area contributed by atoms with E-state index in [1.165, 1.54) is 12.8 Å². The molecule has 2 heterocycles. The van der Waals surface area contributed by atoms with Crippen molar-refractivity contribution in [3.8, 4) is 11.3 Å². The second-order valence-corrected chi connectivity index (χ2v) is 5.59. The van der Waals surface area contributed by atoms with Gasteiger partial charge in [0.05, 0.1) is 5.69 Å². The number of aromatic nitrogens is 2. The maximum absolute atomic E-state index is 5.79. The Morgan fingerprint density at radius 3 is 2.78 bits per heavy atom. The average molecular weight is 354 g/mol. The zero-order chi connectivity index (χ0) is 12.4. The van der Waals surface area contributed by atoms with Crippen LogP contribution < -0.4 is 0 Å². The molecule has 0 radical (unpaired) electrons. The first kappa shape index (κ1) is 12.2. The third-order valence-corrected chi connectivity index (χ3v) is 3.99. The molecule has 0 amide bonds. The molecule has 1 fully saturated rings. The van der Waals surface area contributed by atoms with Crippen molar-refractivity contribution in [2.45, 2.75) is 25.5 Å². The smallest absolute Gasteiger partial charge is 0.151 e. The fourth-order valence-corrected chi connectivity index (χ4v) is 2.95. The number of hydrogen-bond acceptors (Lipinski definition) is 2. The highest BCUT2D eigenvalue weighted by Gasteiger charge is 2.19. The second-order valence-electron chi connectivity index (χ2n) is 4.48. The lowest BCUT2D eigenvalue weighted by Crippen LogP contribution is -2.20. The Kier molecular flexibility index (Phi) is 3.65. The average Bonchev–Trinajstić information content (AvgIpc) is 2.83. The molecule has 18 heavy (non-hydrogen) atoms. The topological polar surface area (TPSA) is 27.1 Å². The quantitative estimate of drug-likeness (QED) is 0.766. The minimum atomic E-state index is 0.114. The fraction of sp³-hybridized carbons (Fsp3) is 0.357. The number of halogens is 1. The predicted octanol–water partition coefficient (Wildman–Crippen LogP) is 3.85. The summed E-state index contributed by atoms with van der Waals surface area (Å²) in [5.41, 5.74) is 2.18. The lowest BCUT2D eigenvalue weighted by atomic mass is 10.2. The zero-order valence-electron chi connectivity index (χ0n) is 10.1. The monoisotopic (exact) mass is 354 g/mol. The van der Waals surface area contributed by atoms with Gasteiger partial charge in [-0.15, -0.1) is 0 Å². The van der Waals surface area contributed by atoms with E-state index in [9.17, 15) is 0 Å². The molecule has 3 nitrogen and oxygen atoms in total. The first-order chi connectivity index (χ1) is 8.84. The van der Waals surface area contributed by atoms with Gasteiger partial charge >= 0.3 is 0 Å². The van der Waals surface area contributed by atoms with E-state index in [2.05, 4.69) is 45.9 Å². The molecule has 94 valence electrons. The summed E-state index contributed by atoms with van der Waals surface area (Å²) in [5, 5.41) is 4.69. The standard InChI is InChI=1S/C14H15IN2O/c15-13-10-12(11-6-2-1-3-7-11)16-17(13)14-8-4-5-9-18-14/h1-3,6-7,10,14H,4-5,8-9H2. The number of rotatable bonds is 2. The molecule has 3 rings (SSSR count). The van der Waals surface area contributed by atoms with E-state index in [0.717, 1.165) is 28.0 Å². The summed E-state index contributed by atoms with van der Waals surface area (Å²) in [7, 11) is 0. The van der Waals surface area contributed by atoms with Crippen molar-refractivity contribution >= 4 is 22.6 Å². The van der Waals surface area contributed by atoms with Crippen LogP contribution in [-0.4, -0.2) is 16.4 Å². The van der Waals surface area contributed by atoms with E-state index < -0.39 is 0 Å². The third-order valence-electron chi connectivity index (χ3n) is 3.19. The van der Waals surface area contributed by atoms with Crippen LogP contribution in [0.4, 0.5) is 0 Å². The molecule has 1 aromatic heterocycles. The minimum absolute atomic E-state index is 0.114. The molecule has 0 spiro atoms. The van der Waals surface area contributed by atoms with Crippen molar-refractivity contribution in [3.63, 3.8) is 0 Å². The van der Waals surface area contributed by atoms with Gasteiger partial charge in [-0.1, -0.05) is 30.3 Å². The maximum Gasteiger partial charge on any atom is 0.151 e. The first-order valence-electron chi connectivity index (χ1n) is 6.27. The summed E-state index contributed by atoms with van der Waals surface area (Å²) in [6.07, 6.45) is 3.57. The van der Waals surface area contributed by atoms with Gasteiger partial charge in [0.2, 0.25) is 0 Å². The minimum Gasteiger partial charge on any atom is -0.356 e. The van der Waals surface area contributed by atoms with E-state index in [-0.39, 0.29) is 6.23 Å². The van der Waals surface area contributed by atoms with E-state index in [0.29, 0.717) is 0 Å². The van der Waals surface area contributed by atoms with Crippen LogP contribution in [0.2, 0.25) is 0 Å². The Bertz CT molecular complexity index is 518. The third kappa shape index (κ3) is 2.44. The van der Waals surface area contributed by atoms with Crippen molar-refractivity contribution in [3.05, 3.63) is 40.1 Å². The second kappa shape index (κ2) is 5.40. The van der Waals surface area contributed by atoms with Gasteiger partial charge in [0.25, 0.3) is 0 Å². The zero-order valence-corrected chi connectivity index (χ0v) is 12.2. The Balaban J connectivity index is 1.91. The molecule has 1 saturated heterocycles. The maximum atomic E-state index is 5.79. The molecular formula is C14H15IN2O. The van der Waals surface area contributed by atoms with Crippen molar-refractivity contribution in [1.29, 1.82) is 0 Å². The highest BCUT2D eigenvalue weighted by Crippen LogP contribution is 2.27. The van der Waals surface area contributed by atoms with Crippen LogP contribution in [-0.2, 0) is 4.74 Å². The van der Waals surface area contributed by atoms with Gasteiger partial charge < -0.3 is 4.74 Å². The van der Waals surface area contributed by atoms with Crippen LogP contribution in [0.3, 0.4) is 0 Å². The Morgan fingerprint density at radius 1 is 1.22 bits per heavy atom. The molecule has 1 aromatic carbocycles. The van der Waals surface area contributed by atoms with Gasteiger partial charge in [-0.25, -0.2) is 4.68 Å². The van der Waals surface area contributed by atoms with Crippen molar-refractivity contribution < 1.29 is 4.74 Å². The van der Waals surface area contributed by atoms with Crippen molar-refractivity contribution in [1.82, 2.24) is 9.78 Å². The number of hydrogen-bond donors (Lipinski definition) is 0. The molecule has 4 heteroatoms. The van der Waals surface area contributed by atoms with E-state index in [1.54, 1.807) is 0 Å². The Labute approximate surface area is 120 Å². The van der Waals surface area contributed by atoms with Gasteiger partial charge in [-0.3, -0.25) is 0 Å². The molecule has 2 aromatic rings. The summed E-state index contributed by atoms with van der Waals surface area (Å²) in [6.45, 7) is 0.848. The number of ether oxygens (including phenoxy) is 1. The van der Waals surface area contributed by atoms with Gasteiger partial charge in [-0.2, -0.15) is 5.10 Å². The SMILES string of the molecule is Ic1cc(-c2ccccc2)nn1C1CCCCO1. The van der Waals surface area contributed by atoms with Crippen LogP contribution in [0, 0.1) is 3.70 Å². The van der Waals surface area contributed by atoms with Gasteiger partial charge in [0, 0.05) is 12.2 Å². The lowest BCUT2D eigenvalue weighted by molar-refractivity contribution is -0.0409. The highest BCUT2D eigenvalue weighted by atomic mass is 127. The fourth-order valence-electron chi connectivity index (χ4n) is 2.24. The number of benzene rings is 1. The molecule has 0 aliphatic carbocycles. The largest absolute Gasteiger partial charge is 0.356 e.